The number of benzene rings is 1. The van der Waals surface area contributed by atoms with E-state index in [1.54, 1.807) is 12.1 Å². The third kappa shape index (κ3) is 4.13. The molecule has 7 heteroatoms. The number of aryl methyl sites for hydroxylation is 1. The van der Waals surface area contributed by atoms with Crippen LogP contribution >= 0.6 is 0 Å². The predicted octanol–water partition coefficient (Wildman–Crippen LogP) is 1.23. The molecule has 6 nitrogen and oxygen atoms in total. The largest absolute Gasteiger partial charge is 0.399 e. The first-order chi connectivity index (χ1) is 8.90. The van der Waals surface area contributed by atoms with E-state index in [1.807, 2.05) is 18.6 Å². The smallest absolute Gasteiger partial charge is 0.328 e. The average molecular weight is 285 g/mol. The Kier molecular flexibility index (Phi) is 5.17. The summed E-state index contributed by atoms with van der Waals surface area (Å²) < 4.78 is 26.2. The van der Waals surface area contributed by atoms with Crippen molar-refractivity contribution in [1.29, 1.82) is 0 Å². The molecule has 1 rings (SSSR count). The lowest BCUT2D eigenvalue weighted by Gasteiger charge is -2.11. The number of sulfonamides is 1. The molecule has 0 fully saturated rings. The van der Waals surface area contributed by atoms with E-state index in [0.29, 0.717) is 24.2 Å². The fraction of sp³-hybridized carbons (Fsp3) is 0.417. The molecular weight excluding hydrogens is 266 g/mol. The standard InChI is InChI=1S/C12H19N3O3S/c1-3-7-14-12(16)15-19(17,18)11-8-10(13)6-5-9(11)4-2/h5-6,8H,3-4,7,13H2,1-2H3,(H2,14,15,16). The molecule has 0 spiro atoms. The Bertz CT molecular complexity index is 555. The number of hydrogen-bond donors (Lipinski definition) is 3. The van der Waals surface area contributed by atoms with E-state index in [-0.39, 0.29) is 4.90 Å². The van der Waals surface area contributed by atoms with Gasteiger partial charge in [0, 0.05) is 12.2 Å². The lowest BCUT2D eigenvalue weighted by Crippen LogP contribution is -2.39. The van der Waals surface area contributed by atoms with Gasteiger partial charge in [-0.1, -0.05) is 19.9 Å². The minimum Gasteiger partial charge on any atom is -0.399 e. The molecule has 0 aromatic heterocycles. The van der Waals surface area contributed by atoms with E-state index in [0.717, 1.165) is 6.42 Å². The van der Waals surface area contributed by atoms with Gasteiger partial charge in [-0.15, -0.1) is 0 Å². The lowest BCUT2D eigenvalue weighted by atomic mass is 10.1. The molecule has 0 unspecified atom stereocenters. The van der Waals surface area contributed by atoms with Gasteiger partial charge in [-0.3, -0.25) is 0 Å². The van der Waals surface area contributed by atoms with Gasteiger partial charge in [-0.25, -0.2) is 17.9 Å². The SMILES string of the molecule is CCCNC(=O)NS(=O)(=O)c1cc(N)ccc1CC. The van der Waals surface area contributed by atoms with Crippen molar-refractivity contribution in [2.45, 2.75) is 31.6 Å². The summed E-state index contributed by atoms with van der Waals surface area (Å²) >= 11 is 0. The predicted molar refractivity (Wildman–Crippen MR) is 74.2 cm³/mol. The number of carbonyl (C=O) groups excluding carboxylic acids is 1. The van der Waals surface area contributed by atoms with Crippen LogP contribution in [-0.4, -0.2) is 21.0 Å². The molecule has 4 N–H and O–H groups in total. The second-order valence-electron chi connectivity index (χ2n) is 4.08. The molecule has 1 aromatic carbocycles. The quantitative estimate of drug-likeness (QED) is 0.708. The summed E-state index contributed by atoms with van der Waals surface area (Å²) in [4.78, 5) is 11.5. The molecule has 0 aliphatic heterocycles. The maximum absolute atomic E-state index is 12.1. The van der Waals surface area contributed by atoms with Crippen molar-refractivity contribution in [2.75, 3.05) is 12.3 Å². The first-order valence-electron chi connectivity index (χ1n) is 6.09. The van der Waals surface area contributed by atoms with Gasteiger partial charge in [0.05, 0.1) is 4.90 Å². The first-order valence-corrected chi connectivity index (χ1v) is 7.58. The zero-order valence-corrected chi connectivity index (χ0v) is 11.9. The second kappa shape index (κ2) is 6.42. The van der Waals surface area contributed by atoms with Crippen molar-refractivity contribution in [2.24, 2.45) is 0 Å². The van der Waals surface area contributed by atoms with Gasteiger partial charge in [0.15, 0.2) is 0 Å². The molecular formula is C12H19N3O3S. The number of rotatable bonds is 5. The van der Waals surface area contributed by atoms with E-state index < -0.39 is 16.1 Å². The Balaban J connectivity index is 3.00. The van der Waals surface area contributed by atoms with Gasteiger partial charge < -0.3 is 11.1 Å². The van der Waals surface area contributed by atoms with Crippen LogP contribution in [0.5, 0.6) is 0 Å². The summed E-state index contributed by atoms with van der Waals surface area (Å²) in [5.74, 6) is 0. The van der Waals surface area contributed by atoms with Crippen LogP contribution in [0.25, 0.3) is 0 Å². The number of amides is 2. The highest BCUT2D eigenvalue weighted by Gasteiger charge is 2.20. The van der Waals surface area contributed by atoms with Gasteiger partial charge in [-0.05, 0) is 30.5 Å². The zero-order valence-electron chi connectivity index (χ0n) is 11.1. The van der Waals surface area contributed by atoms with Crippen LogP contribution in [-0.2, 0) is 16.4 Å². The summed E-state index contributed by atoms with van der Waals surface area (Å²) in [5.41, 5.74) is 6.55. The fourth-order valence-corrected chi connectivity index (χ4v) is 2.84. The fourth-order valence-electron chi connectivity index (χ4n) is 1.57. The number of anilines is 1. The molecule has 0 bridgehead atoms. The van der Waals surface area contributed by atoms with Crippen molar-refractivity contribution in [3.63, 3.8) is 0 Å². The molecule has 0 aliphatic rings. The van der Waals surface area contributed by atoms with E-state index in [2.05, 4.69) is 5.32 Å². The van der Waals surface area contributed by atoms with Gasteiger partial charge in [0.1, 0.15) is 0 Å². The van der Waals surface area contributed by atoms with Gasteiger partial charge in [0.2, 0.25) is 0 Å². The molecule has 0 heterocycles. The van der Waals surface area contributed by atoms with Crippen molar-refractivity contribution in [3.8, 4) is 0 Å². The number of nitrogen functional groups attached to an aromatic ring is 1. The Morgan fingerprint density at radius 1 is 1.32 bits per heavy atom. The van der Waals surface area contributed by atoms with E-state index in [4.69, 9.17) is 5.73 Å². The highest BCUT2D eigenvalue weighted by atomic mass is 32.2. The van der Waals surface area contributed by atoms with Crippen LogP contribution in [0.4, 0.5) is 10.5 Å². The molecule has 2 amide bonds. The highest BCUT2D eigenvalue weighted by molar-refractivity contribution is 7.90. The molecule has 0 radical (unpaired) electrons. The molecule has 0 saturated heterocycles. The first kappa shape index (κ1) is 15.3. The van der Waals surface area contributed by atoms with Crippen LogP contribution < -0.4 is 15.8 Å². The number of nitrogens with one attached hydrogen (secondary N) is 2. The van der Waals surface area contributed by atoms with Gasteiger partial charge in [0.25, 0.3) is 10.0 Å². The van der Waals surface area contributed by atoms with Crippen molar-refractivity contribution >= 4 is 21.7 Å². The lowest BCUT2D eigenvalue weighted by molar-refractivity contribution is 0.246. The van der Waals surface area contributed by atoms with E-state index in [1.165, 1.54) is 6.07 Å². The van der Waals surface area contributed by atoms with Gasteiger partial charge >= 0.3 is 6.03 Å². The third-order valence-corrected chi connectivity index (χ3v) is 3.94. The molecule has 106 valence electrons. The maximum Gasteiger partial charge on any atom is 0.328 e. The second-order valence-corrected chi connectivity index (χ2v) is 5.73. The Hall–Kier alpha value is -1.76. The van der Waals surface area contributed by atoms with Crippen LogP contribution in [0.2, 0.25) is 0 Å². The molecule has 0 saturated carbocycles. The Morgan fingerprint density at radius 3 is 2.58 bits per heavy atom. The maximum atomic E-state index is 12.1. The Morgan fingerprint density at radius 2 is 2.00 bits per heavy atom. The van der Waals surface area contributed by atoms with Crippen LogP contribution in [0.1, 0.15) is 25.8 Å². The summed E-state index contributed by atoms with van der Waals surface area (Å²) in [7, 11) is -3.90. The number of urea groups is 1. The van der Waals surface area contributed by atoms with Crippen molar-refractivity contribution < 1.29 is 13.2 Å². The third-order valence-electron chi connectivity index (χ3n) is 2.52. The summed E-state index contributed by atoms with van der Waals surface area (Å²) in [6, 6.07) is 3.91. The number of nitrogens with two attached hydrogens (primary N) is 1. The minimum absolute atomic E-state index is 0.0432. The van der Waals surface area contributed by atoms with Crippen LogP contribution in [0, 0.1) is 0 Å². The normalized spacial score (nSPS) is 11.1. The summed E-state index contributed by atoms with van der Waals surface area (Å²) in [6.07, 6.45) is 1.26. The number of carbonyl (C=O) groups is 1. The monoisotopic (exact) mass is 285 g/mol. The van der Waals surface area contributed by atoms with E-state index >= 15 is 0 Å². The Labute approximate surface area is 113 Å². The van der Waals surface area contributed by atoms with Gasteiger partial charge in [-0.2, -0.15) is 0 Å². The molecule has 0 atom stereocenters. The van der Waals surface area contributed by atoms with Crippen molar-refractivity contribution in [3.05, 3.63) is 23.8 Å². The minimum atomic E-state index is -3.90. The average Bonchev–Trinajstić information content (AvgIpc) is 2.35. The molecule has 0 aliphatic carbocycles. The topological polar surface area (TPSA) is 101 Å². The van der Waals surface area contributed by atoms with Crippen LogP contribution in [0.3, 0.4) is 0 Å². The van der Waals surface area contributed by atoms with Crippen LogP contribution in [0.15, 0.2) is 23.1 Å². The zero-order chi connectivity index (χ0) is 14.5. The van der Waals surface area contributed by atoms with E-state index in [9.17, 15) is 13.2 Å². The summed E-state index contributed by atoms with van der Waals surface area (Å²) in [6.45, 7) is 4.13. The summed E-state index contributed by atoms with van der Waals surface area (Å²) in [5, 5.41) is 2.45. The highest BCUT2D eigenvalue weighted by Crippen LogP contribution is 2.19. The molecule has 19 heavy (non-hydrogen) atoms. The van der Waals surface area contributed by atoms with Crippen molar-refractivity contribution in [1.82, 2.24) is 10.0 Å². The molecule has 1 aromatic rings. The number of hydrogen-bond acceptors (Lipinski definition) is 4.